The number of alkyl halides is 1. The Morgan fingerprint density at radius 3 is 2.95 bits per heavy atom. The van der Waals surface area contributed by atoms with E-state index in [4.69, 9.17) is 11.6 Å². The van der Waals surface area contributed by atoms with E-state index in [0.717, 1.165) is 25.8 Å². The van der Waals surface area contributed by atoms with Gasteiger partial charge in [0.15, 0.2) is 0 Å². The number of carbonyl (C=O) groups excluding carboxylic acids is 1. The van der Waals surface area contributed by atoms with Crippen LogP contribution in [0.15, 0.2) is 24.3 Å². The van der Waals surface area contributed by atoms with Gasteiger partial charge in [0.2, 0.25) is 5.91 Å². The minimum Gasteiger partial charge on any atom is -0.339 e. The van der Waals surface area contributed by atoms with E-state index in [2.05, 4.69) is 31.2 Å². The number of hydrogen-bond acceptors (Lipinski definition) is 1. The molecule has 0 N–H and O–H groups in total. The maximum atomic E-state index is 12.4. The quantitative estimate of drug-likeness (QED) is 0.770. The molecule has 1 amide bonds. The van der Waals surface area contributed by atoms with Crippen LogP contribution in [0, 0.1) is 6.92 Å². The average molecular weight is 294 g/mol. The largest absolute Gasteiger partial charge is 0.339 e. The van der Waals surface area contributed by atoms with Crippen molar-refractivity contribution in [1.29, 1.82) is 0 Å². The van der Waals surface area contributed by atoms with Gasteiger partial charge < -0.3 is 4.90 Å². The number of halogens is 1. The lowest BCUT2D eigenvalue weighted by atomic mass is 10.1. The number of carbonyl (C=O) groups is 1. The van der Waals surface area contributed by atoms with E-state index < -0.39 is 0 Å². The fraction of sp³-hybridized carbons (Fsp3) is 0.588. The summed E-state index contributed by atoms with van der Waals surface area (Å²) >= 11 is 6.04. The fourth-order valence-electron chi connectivity index (χ4n) is 2.93. The van der Waals surface area contributed by atoms with Crippen LogP contribution in [0.4, 0.5) is 0 Å². The molecule has 1 aliphatic rings. The molecule has 0 saturated carbocycles. The summed E-state index contributed by atoms with van der Waals surface area (Å²) in [6.07, 6.45) is 6.00. The van der Waals surface area contributed by atoms with E-state index in [1.54, 1.807) is 0 Å². The first-order valence-corrected chi connectivity index (χ1v) is 8.15. The van der Waals surface area contributed by atoms with Gasteiger partial charge in [0.05, 0.1) is 0 Å². The van der Waals surface area contributed by atoms with Crippen molar-refractivity contribution in [3.63, 3.8) is 0 Å². The number of nitrogens with zero attached hydrogens (tertiary/aromatic N) is 1. The molecular weight excluding hydrogens is 270 g/mol. The van der Waals surface area contributed by atoms with E-state index in [1.807, 2.05) is 4.90 Å². The van der Waals surface area contributed by atoms with Crippen LogP contribution in [0.3, 0.4) is 0 Å². The van der Waals surface area contributed by atoms with E-state index in [1.165, 1.54) is 24.0 Å². The van der Waals surface area contributed by atoms with Gasteiger partial charge in [-0.2, -0.15) is 0 Å². The number of likely N-dealkylation sites (tertiary alicyclic amines) is 1. The maximum Gasteiger partial charge on any atom is 0.223 e. The molecule has 3 heteroatoms. The van der Waals surface area contributed by atoms with Gasteiger partial charge >= 0.3 is 0 Å². The van der Waals surface area contributed by atoms with E-state index in [-0.39, 0.29) is 11.9 Å². The van der Waals surface area contributed by atoms with Crippen molar-refractivity contribution in [1.82, 2.24) is 4.90 Å². The lowest BCUT2D eigenvalue weighted by Gasteiger charge is -2.28. The second-order valence-corrected chi connectivity index (χ2v) is 6.04. The Bertz CT molecular complexity index is 446. The number of hydrogen-bond donors (Lipinski definition) is 0. The third-order valence-electron chi connectivity index (χ3n) is 4.09. The van der Waals surface area contributed by atoms with Crippen LogP contribution in [-0.4, -0.2) is 29.3 Å². The van der Waals surface area contributed by atoms with Crippen LogP contribution in [0.1, 0.15) is 43.2 Å². The molecule has 0 aromatic heterocycles. The molecule has 0 radical (unpaired) electrons. The average Bonchev–Trinajstić information content (AvgIpc) is 2.70. The van der Waals surface area contributed by atoms with Gasteiger partial charge in [-0.25, -0.2) is 0 Å². The van der Waals surface area contributed by atoms with Crippen LogP contribution in [0.5, 0.6) is 0 Å². The molecule has 1 aromatic carbocycles. The van der Waals surface area contributed by atoms with Crippen molar-refractivity contribution in [3.8, 4) is 0 Å². The summed E-state index contributed by atoms with van der Waals surface area (Å²) in [6, 6.07) is 8.65. The highest BCUT2D eigenvalue weighted by atomic mass is 35.5. The summed E-state index contributed by atoms with van der Waals surface area (Å²) in [7, 11) is 0. The molecule has 1 heterocycles. The lowest BCUT2D eigenvalue weighted by Crippen LogP contribution is -2.41. The Hall–Kier alpha value is -1.02. The molecule has 1 atom stereocenters. The van der Waals surface area contributed by atoms with Crippen molar-refractivity contribution < 1.29 is 4.79 Å². The third-order valence-corrected chi connectivity index (χ3v) is 4.44. The fourth-order valence-corrected chi connectivity index (χ4v) is 3.25. The second kappa shape index (κ2) is 7.68. The zero-order valence-corrected chi connectivity index (χ0v) is 13.0. The maximum absolute atomic E-state index is 12.4. The molecule has 1 fully saturated rings. The highest BCUT2D eigenvalue weighted by Gasteiger charge is 2.24. The highest BCUT2D eigenvalue weighted by molar-refractivity contribution is 6.18. The Morgan fingerprint density at radius 1 is 1.35 bits per heavy atom. The molecule has 1 unspecified atom stereocenters. The highest BCUT2D eigenvalue weighted by Crippen LogP contribution is 2.19. The number of aryl methyl sites for hydroxylation is 2. The van der Waals surface area contributed by atoms with Crippen LogP contribution in [0.25, 0.3) is 0 Å². The standard InChI is InChI=1S/C17H24ClNO/c1-14-6-5-7-15(12-14)9-10-17(20)19-11-4-2-3-8-16(19)13-18/h5-7,12,16H,2-4,8-11,13H2,1H3. The predicted octanol–water partition coefficient (Wildman–Crippen LogP) is 3.94. The molecule has 1 saturated heterocycles. The zero-order valence-electron chi connectivity index (χ0n) is 12.3. The van der Waals surface area contributed by atoms with Gasteiger partial charge in [0.25, 0.3) is 0 Å². The Labute approximate surface area is 127 Å². The summed E-state index contributed by atoms with van der Waals surface area (Å²) in [4.78, 5) is 14.5. The summed E-state index contributed by atoms with van der Waals surface area (Å²) < 4.78 is 0. The molecule has 20 heavy (non-hydrogen) atoms. The minimum absolute atomic E-state index is 0.240. The molecule has 0 spiro atoms. The Balaban J connectivity index is 1.92. The monoisotopic (exact) mass is 293 g/mol. The van der Waals surface area contributed by atoms with E-state index in [0.29, 0.717) is 12.3 Å². The van der Waals surface area contributed by atoms with Crippen molar-refractivity contribution in [2.24, 2.45) is 0 Å². The first kappa shape index (κ1) is 15.4. The number of amides is 1. The third kappa shape index (κ3) is 4.24. The molecule has 1 aliphatic heterocycles. The molecule has 1 aromatic rings. The van der Waals surface area contributed by atoms with Crippen LogP contribution >= 0.6 is 11.6 Å². The molecule has 2 nitrogen and oxygen atoms in total. The summed E-state index contributed by atoms with van der Waals surface area (Å²) in [6.45, 7) is 2.97. The van der Waals surface area contributed by atoms with E-state index in [9.17, 15) is 4.79 Å². The van der Waals surface area contributed by atoms with Crippen LogP contribution in [-0.2, 0) is 11.2 Å². The first-order valence-electron chi connectivity index (χ1n) is 7.61. The molecule has 2 rings (SSSR count). The molecule has 110 valence electrons. The molecule has 0 bridgehead atoms. The Kier molecular flexibility index (Phi) is 5.90. The minimum atomic E-state index is 0.240. The molecule has 0 aliphatic carbocycles. The number of rotatable bonds is 4. The summed E-state index contributed by atoms with van der Waals surface area (Å²) in [5, 5.41) is 0. The van der Waals surface area contributed by atoms with Gasteiger partial charge in [-0.1, -0.05) is 42.7 Å². The number of benzene rings is 1. The SMILES string of the molecule is Cc1cccc(CCC(=O)N2CCCCCC2CCl)c1. The van der Waals surface area contributed by atoms with Gasteiger partial charge in [0.1, 0.15) is 0 Å². The van der Waals surface area contributed by atoms with Gasteiger partial charge in [-0.3, -0.25) is 4.79 Å². The van der Waals surface area contributed by atoms with Crippen molar-refractivity contribution in [3.05, 3.63) is 35.4 Å². The van der Waals surface area contributed by atoms with Crippen LogP contribution < -0.4 is 0 Å². The van der Waals surface area contributed by atoms with Crippen LogP contribution in [0.2, 0.25) is 0 Å². The van der Waals surface area contributed by atoms with Gasteiger partial charge in [-0.05, 0) is 31.7 Å². The van der Waals surface area contributed by atoms with Gasteiger partial charge in [-0.15, -0.1) is 11.6 Å². The van der Waals surface area contributed by atoms with E-state index >= 15 is 0 Å². The summed E-state index contributed by atoms with van der Waals surface area (Å²) in [5.41, 5.74) is 2.50. The van der Waals surface area contributed by atoms with Gasteiger partial charge in [0, 0.05) is 24.9 Å². The first-order chi connectivity index (χ1) is 9.70. The Morgan fingerprint density at radius 2 is 2.20 bits per heavy atom. The van der Waals surface area contributed by atoms with Crippen molar-refractivity contribution in [2.75, 3.05) is 12.4 Å². The second-order valence-electron chi connectivity index (χ2n) is 5.73. The topological polar surface area (TPSA) is 20.3 Å². The normalized spacial score (nSPS) is 19.7. The van der Waals surface area contributed by atoms with Crippen molar-refractivity contribution in [2.45, 2.75) is 51.5 Å². The van der Waals surface area contributed by atoms with Crippen molar-refractivity contribution >= 4 is 17.5 Å². The smallest absolute Gasteiger partial charge is 0.223 e. The predicted molar refractivity (Wildman–Crippen MR) is 84.2 cm³/mol. The lowest BCUT2D eigenvalue weighted by molar-refractivity contribution is -0.133. The summed E-state index contributed by atoms with van der Waals surface area (Å²) in [5.74, 6) is 0.829. The molecular formula is C17H24ClNO. The zero-order chi connectivity index (χ0) is 14.4.